The lowest BCUT2D eigenvalue weighted by molar-refractivity contribution is -0.142. The molecule has 102 valence electrons. The van der Waals surface area contributed by atoms with Crippen LogP contribution in [0.1, 0.15) is 36.0 Å². The first-order valence-electron chi connectivity index (χ1n) is 6.45. The molecule has 1 amide bonds. The molecule has 1 aromatic rings. The normalized spacial score (nSPS) is 22.7. The summed E-state index contributed by atoms with van der Waals surface area (Å²) in [5.74, 6) is -1.15. The fourth-order valence-electron chi connectivity index (χ4n) is 2.43. The van der Waals surface area contributed by atoms with Gasteiger partial charge in [0.1, 0.15) is 0 Å². The minimum absolute atomic E-state index is 0.0598. The lowest BCUT2D eigenvalue weighted by Crippen LogP contribution is -2.38. The molecule has 0 bridgehead atoms. The molecule has 1 aromatic carbocycles. The van der Waals surface area contributed by atoms with Gasteiger partial charge in [0.25, 0.3) is 5.91 Å². The second kappa shape index (κ2) is 5.73. The average molecular weight is 262 g/mol. The summed E-state index contributed by atoms with van der Waals surface area (Å²) in [6.45, 7) is 0. The fourth-order valence-corrected chi connectivity index (χ4v) is 2.43. The van der Waals surface area contributed by atoms with Gasteiger partial charge in [0.05, 0.1) is 5.92 Å². The van der Waals surface area contributed by atoms with Gasteiger partial charge in [-0.15, -0.1) is 0 Å². The SMILES string of the molecule is Nc1cccc(C(=O)NC2CCC(C(=O)O)CC2)c1. The Morgan fingerprint density at radius 1 is 1.21 bits per heavy atom. The van der Waals surface area contributed by atoms with Gasteiger partial charge in [-0.3, -0.25) is 9.59 Å². The van der Waals surface area contributed by atoms with Crippen molar-refractivity contribution in [2.45, 2.75) is 31.7 Å². The number of hydrogen-bond acceptors (Lipinski definition) is 3. The van der Waals surface area contributed by atoms with E-state index in [0.29, 0.717) is 36.9 Å². The Morgan fingerprint density at radius 2 is 1.89 bits per heavy atom. The van der Waals surface area contributed by atoms with Crippen LogP contribution in [0, 0.1) is 5.92 Å². The molecule has 0 saturated heterocycles. The van der Waals surface area contributed by atoms with Crippen molar-refractivity contribution in [3.63, 3.8) is 0 Å². The van der Waals surface area contributed by atoms with Gasteiger partial charge >= 0.3 is 5.97 Å². The molecule has 0 aromatic heterocycles. The van der Waals surface area contributed by atoms with Crippen LogP contribution in [0.15, 0.2) is 24.3 Å². The Hall–Kier alpha value is -2.04. The number of carbonyl (C=O) groups excluding carboxylic acids is 1. The second-order valence-electron chi connectivity index (χ2n) is 4.99. The summed E-state index contributed by atoms with van der Waals surface area (Å²) < 4.78 is 0. The van der Waals surface area contributed by atoms with E-state index in [-0.39, 0.29) is 17.9 Å². The molecule has 1 aliphatic rings. The highest BCUT2D eigenvalue weighted by Crippen LogP contribution is 2.24. The van der Waals surface area contributed by atoms with Crippen LogP contribution in [-0.2, 0) is 4.79 Å². The summed E-state index contributed by atoms with van der Waals surface area (Å²) in [6, 6.07) is 6.89. The van der Waals surface area contributed by atoms with Crippen molar-refractivity contribution >= 4 is 17.6 Å². The van der Waals surface area contributed by atoms with Crippen molar-refractivity contribution < 1.29 is 14.7 Å². The van der Waals surface area contributed by atoms with Crippen LogP contribution in [0.3, 0.4) is 0 Å². The van der Waals surface area contributed by atoms with E-state index in [9.17, 15) is 9.59 Å². The molecule has 5 nitrogen and oxygen atoms in total. The van der Waals surface area contributed by atoms with Crippen molar-refractivity contribution in [2.24, 2.45) is 5.92 Å². The molecule has 5 heteroatoms. The van der Waals surface area contributed by atoms with Crippen LogP contribution in [0.4, 0.5) is 5.69 Å². The minimum atomic E-state index is -0.736. The predicted molar refractivity (Wildman–Crippen MR) is 71.7 cm³/mol. The van der Waals surface area contributed by atoms with Crippen LogP contribution in [-0.4, -0.2) is 23.0 Å². The van der Waals surface area contributed by atoms with Gasteiger partial charge in [-0.25, -0.2) is 0 Å². The molecule has 19 heavy (non-hydrogen) atoms. The molecule has 0 heterocycles. The number of rotatable bonds is 3. The molecule has 0 atom stereocenters. The summed E-state index contributed by atoms with van der Waals surface area (Å²) >= 11 is 0. The van der Waals surface area contributed by atoms with Crippen LogP contribution < -0.4 is 11.1 Å². The van der Waals surface area contributed by atoms with Crippen LogP contribution in [0.2, 0.25) is 0 Å². The molecule has 1 fully saturated rings. The molecule has 0 spiro atoms. The molecular formula is C14H18N2O3. The van der Waals surface area contributed by atoms with E-state index in [2.05, 4.69) is 5.32 Å². The maximum atomic E-state index is 12.0. The maximum Gasteiger partial charge on any atom is 0.306 e. The second-order valence-corrected chi connectivity index (χ2v) is 4.99. The van der Waals surface area contributed by atoms with Crippen LogP contribution >= 0.6 is 0 Å². The standard InChI is InChI=1S/C14H18N2O3/c15-11-3-1-2-10(8-11)13(17)16-12-6-4-9(5-7-12)14(18)19/h1-3,8-9,12H,4-7,15H2,(H,16,17)(H,18,19). The number of nitrogens with one attached hydrogen (secondary N) is 1. The van der Waals surface area contributed by atoms with E-state index < -0.39 is 5.97 Å². The quantitative estimate of drug-likeness (QED) is 0.722. The van der Waals surface area contributed by atoms with E-state index in [1.807, 2.05) is 0 Å². The lowest BCUT2D eigenvalue weighted by Gasteiger charge is -2.26. The highest BCUT2D eigenvalue weighted by atomic mass is 16.4. The van der Waals surface area contributed by atoms with Gasteiger partial charge < -0.3 is 16.2 Å². The van der Waals surface area contributed by atoms with Crippen molar-refractivity contribution in [1.82, 2.24) is 5.32 Å². The average Bonchev–Trinajstić information content (AvgIpc) is 2.39. The summed E-state index contributed by atoms with van der Waals surface area (Å²) in [5.41, 5.74) is 6.74. The predicted octanol–water partition coefficient (Wildman–Crippen LogP) is 1.64. The molecule has 0 radical (unpaired) electrons. The third-order valence-electron chi connectivity index (χ3n) is 3.56. The summed E-state index contributed by atoms with van der Waals surface area (Å²) in [5, 5.41) is 11.8. The topological polar surface area (TPSA) is 92.4 Å². The number of carboxylic acids is 1. The number of carbonyl (C=O) groups is 2. The first-order valence-corrected chi connectivity index (χ1v) is 6.45. The molecule has 0 aliphatic heterocycles. The minimum Gasteiger partial charge on any atom is -0.481 e. The van der Waals surface area contributed by atoms with Gasteiger partial charge in [0, 0.05) is 17.3 Å². The Labute approximate surface area is 111 Å². The number of carboxylic acid groups (broad SMARTS) is 1. The zero-order chi connectivity index (χ0) is 13.8. The Kier molecular flexibility index (Phi) is 4.04. The summed E-state index contributed by atoms with van der Waals surface area (Å²) in [7, 11) is 0. The Balaban J connectivity index is 1.89. The van der Waals surface area contributed by atoms with Crippen molar-refractivity contribution in [1.29, 1.82) is 0 Å². The zero-order valence-corrected chi connectivity index (χ0v) is 10.6. The number of nitrogen functional groups attached to an aromatic ring is 1. The smallest absolute Gasteiger partial charge is 0.306 e. The first-order chi connectivity index (χ1) is 9.06. The van der Waals surface area contributed by atoms with Crippen LogP contribution in [0.25, 0.3) is 0 Å². The highest BCUT2D eigenvalue weighted by Gasteiger charge is 2.26. The number of benzene rings is 1. The summed E-state index contributed by atoms with van der Waals surface area (Å²) in [4.78, 5) is 22.8. The molecule has 0 unspecified atom stereocenters. The monoisotopic (exact) mass is 262 g/mol. The molecule has 2 rings (SSSR count). The van der Waals surface area contributed by atoms with E-state index >= 15 is 0 Å². The largest absolute Gasteiger partial charge is 0.481 e. The summed E-state index contributed by atoms with van der Waals surface area (Å²) in [6.07, 6.45) is 2.67. The van der Waals surface area contributed by atoms with Crippen molar-refractivity contribution in [2.75, 3.05) is 5.73 Å². The van der Waals surface area contributed by atoms with E-state index in [1.165, 1.54) is 0 Å². The third kappa shape index (κ3) is 3.47. The van der Waals surface area contributed by atoms with Gasteiger partial charge in [0.15, 0.2) is 0 Å². The number of hydrogen-bond donors (Lipinski definition) is 3. The maximum absolute atomic E-state index is 12.0. The number of aliphatic carboxylic acids is 1. The van der Waals surface area contributed by atoms with Gasteiger partial charge in [-0.1, -0.05) is 6.07 Å². The molecule has 1 saturated carbocycles. The molecule has 4 N–H and O–H groups in total. The number of nitrogens with two attached hydrogens (primary N) is 1. The Bertz CT molecular complexity index is 479. The van der Waals surface area contributed by atoms with Gasteiger partial charge in [-0.2, -0.15) is 0 Å². The lowest BCUT2D eigenvalue weighted by atomic mass is 9.86. The third-order valence-corrected chi connectivity index (χ3v) is 3.56. The van der Waals surface area contributed by atoms with Crippen molar-refractivity contribution in [3.05, 3.63) is 29.8 Å². The van der Waals surface area contributed by atoms with Crippen molar-refractivity contribution in [3.8, 4) is 0 Å². The molecular weight excluding hydrogens is 244 g/mol. The molecule has 1 aliphatic carbocycles. The number of amides is 1. The van der Waals surface area contributed by atoms with Gasteiger partial charge in [-0.05, 0) is 43.9 Å². The van der Waals surface area contributed by atoms with Gasteiger partial charge in [0.2, 0.25) is 0 Å². The first kappa shape index (κ1) is 13.4. The fraction of sp³-hybridized carbons (Fsp3) is 0.429. The van der Waals surface area contributed by atoms with E-state index in [4.69, 9.17) is 10.8 Å². The van der Waals surface area contributed by atoms with E-state index in [1.54, 1.807) is 24.3 Å². The zero-order valence-electron chi connectivity index (χ0n) is 10.6. The van der Waals surface area contributed by atoms with Crippen LogP contribution in [0.5, 0.6) is 0 Å². The Morgan fingerprint density at radius 3 is 2.47 bits per heavy atom. The highest BCUT2D eigenvalue weighted by molar-refractivity contribution is 5.95. The van der Waals surface area contributed by atoms with E-state index in [0.717, 1.165) is 0 Å². The number of anilines is 1.